The molecule has 4 saturated heterocycles. The molecule has 408 valence electrons. The average molecular weight is 1010 g/mol. The van der Waals surface area contributed by atoms with Crippen LogP contribution in [0.3, 0.4) is 0 Å². The third kappa shape index (κ3) is 17.1. The van der Waals surface area contributed by atoms with Gasteiger partial charge in [-0.15, -0.1) is 0 Å². The molecule has 20 atom stereocenters. The molecule has 0 spiro atoms. The van der Waals surface area contributed by atoms with E-state index in [1.165, 1.54) is 12.8 Å². The van der Waals surface area contributed by atoms with Gasteiger partial charge >= 0.3 is 0 Å². The predicted octanol–water partition coefficient (Wildman–Crippen LogP) is -1.68. The Bertz CT molecular complexity index is 1250. The van der Waals surface area contributed by atoms with Gasteiger partial charge in [0.2, 0.25) is 0 Å². The van der Waals surface area contributed by atoms with Crippen molar-refractivity contribution in [3.8, 4) is 0 Å². The lowest BCUT2D eigenvalue weighted by atomic mass is 9.79. The zero-order valence-corrected chi connectivity index (χ0v) is 40.5. The highest BCUT2D eigenvalue weighted by Crippen LogP contribution is 2.38. The highest BCUT2D eigenvalue weighted by atomic mass is 16.8. The van der Waals surface area contributed by atoms with Gasteiger partial charge in [0.25, 0.3) is 0 Å². The molecule has 1 unspecified atom stereocenters. The quantitative estimate of drug-likeness (QED) is 0.0335. The van der Waals surface area contributed by atoms with E-state index in [4.69, 9.17) is 37.9 Å². The molecule has 4 heterocycles. The summed E-state index contributed by atoms with van der Waals surface area (Å²) in [6.07, 6.45) is -15.3. The Morgan fingerprint density at radius 2 is 0.623 bits per heavy atom. The van der Waals surface area contributed by atoms with E-state index < -0.39 is 155 Å². The van der Waals surface area contributed by atoms with Crippen LogP contribution in [0.25, 0.3) is 0 Å². The van der Waals surface area contributed by atoms with Crippen molar-refractivity contribution < 1.29 is 109 Å². The smallest absolute Gasteiger partial charge is 0.187 e. The fourth-order valence-corrected chi connectivity index (χ4v) is 9.63. The van der Waals surface area contributed by atoms with Gasteiger partial charge in [-0.2, -0.15) is 0 Å². The zero-order chi connectivity index (χ0) is 50.7. The minimum Gasteiger partial charge on any atom is -0.394 e. The molecule has 4 aliphatic rings. The van der Waals surface area contributed by atoms with Crippen LogP contribution in [0.2, 0.25) is 0 Å². The van der Waals surface area contributed by atoms with Crippen molar-refractivity contribution in [2.45, 2.75) is 252 Å². The Kier molecular flexibility index (Phi) is 27.4. The Morgan fingerprint density at radius 1 is 0.333 bits per heavy atom. The van der Waals surface area contributed by atoms with Gasteiger partial charge in [0.1, 0.15) is 97.7 Å². The molecule has 14 N–H and O–H groups in total. The summed E-state index contributed by atoms with van der Waals surface area (Å²) in [4.78, 5) is 0. The molecular weight excluding hydrogens is 916 g/mol. The zero-order valence-electron chi connectivity index (χ0n) is 40.5. The number of rotatable bonds is 32. The maximum atomic E-state index is 11.4. The van der Waals surface area contributed by atoms with Gasteiger partial charge in [0.15, 0.2) is 25.2 Å². The fraction of sp³-hybridized carbons (Fsp3) is 1.00. The van der Waals surface area contributed by atoms with Crippen LogP contribution in [0.4, 0.5) is 0 Å². The second-order valence-electron chi connectivity index (χ2n) is 19.6. The van der Waals surface area contributed by atoms with E-state index in [9.17, 15) is 71.5 Å². The van der Waals surface area contributed by atoms with Crippen LogP contribution < -0.4 is 0 Å². The van der Waals surface area contributed by atoms with Gasteiger partial charge in [0, 0.05) is 5.41 Å². The minimum atomic E-state index is -1.84. The Balaban J connectivity index is 1.54. The average Bonchev–Trinajstić information content (AvgIpc) is 3.35. The van der Waals surface area contributed by atoms with E-state index in [2.05, 4.69) is 13.8 Å². The number of hydrogen-bond donors (Lipinski definition) is 14. The van der Waals surface area contributed by atoms with Crippen LogP contribution in [0.5, 0.6) is 0 Å². The van der Waals surface area contributed by atoms with Crippen LogP contribution in [-0.2, 0) is 37.9 Å². The van der Waals surface area contributed by atoms with Crippen molar-refractivity contribution in [2.75, 3.05) is 39.6 Å². The van der Waals surface area contributed by atoms with E-state index >= 15 is 0 Å². The van der Waals surface area contributed by atoms with Gasteiger partial charge in [-0.05, 0) is 12.8 Å². The van der Waals surface area contributed by atoms with Crippen molar-refractivity contribution >= 4 is 0 Å². The third-order valence-corrected chi connectivity index (χ3v) is 14.1. The summed E-state index contributed by atoms with van der Waals surface area (Å²) in [7, 11) is 0. The summed E-state index contributed by atoms with van der Waals surface area (Å²) < 4.78 is 47.0. The first-order valence-electron chi connectivity index (χ1n) is 25.5. The molecule has 0 bridgehead atoms. The van der Waals surface area contributed by atoms with Gasteiger partial charge in [-0.25, -0.2) is 0 Å². The highest BCUT2D eigenvalue weighted by molar-refractivity contribution is 4.96. The molecule has 0 aliphatic carbocycles. The van der Waals surface area contributed by atoms with Crippen molar-refractivity contribution in [3.05, 3.63) is 0 Å². The minimum absolute atomic E-state index is 0.136. The summed E-state index contributed by atoms with van der Waals surface area (Å²) in [5, 5.41) is 148. The monoisotopic (exact) mass is 1000 g/mol. The van der Waals surface area contributed by atoms with E-state index in [0.717, 1.165) is 89.9 Å². The van der Waals surface area contributed by atoms with Crippen LogP contribution in [0.1, 0.15) is 129 Å². The molecule has 0 radical (unpaired) electrons. The fourth-order valence-electron chi connectivity index (χ4n) is 9.63. The molecule has 0 saturated carbocycles. The first kappa shape index (κ1) is 60.7. The van der Waals surface area contributed by atoms with Gasteiger partial charge < -0.3 is 109 Å². The Labute approximate surface area is 406 Å². The molecule has 4 fully saturated rings. The normalized spacial score (nSPS) is 39.0. The first-order valence-corrected chi connectivity index (χ1v) is 25.5. The summed E-state index contributed by atoms with van der Waals surface area (Å²) in [6.45, 7) is 1.04. The highest BCUT2D eigenvalue weighted by Gasteiger charge is 2.53. The summed E-state index contributed by atoms with van der Waals surface area (Å²) in [5.74, 6) is 0. The van der Waals surface area contributed by atoms with E-state index in [-0.39, 0.29) is 13.2 Å². The van der Waals surface area contributed by atoms with Crippen LogP contribution in [0, 0.1) is 5.41 Å². The van der Waals surface area contributed by atoms with E-state index in [1.807, 2.05) is 0 Å². The molecule has 69 heavy (non-hydrogen) atoms. The predicted molar refractivity (Wildman–Crippen MR) is 242 cm³/mol. The Hall–Kier alpha value is -0.880. The molecule has 22 heteroatoms. The molecule has 0 amide bonds. The lowest BCUT2D eigenvalue weighted by Gasteiger charge is -2.47. The number of aliphatic hydroxyl groups excluding tert-OH is 14. The molecule has 4 aliphatic heterocycles. The van der Waals surface area contributed by atoms with Gasteiger partial charge in [-0.1, -0.05) is 117 Å². The van der Waals surface area contributed by atoms with Gasteiger partial charge in [-0.3, -0.25) is 0 Å². The van der Waals surface area contributed by atoms with Crippen molar-refractivity contribution in [2.24, 2.45) is 5.41 Å². The number of aliphatic hydroxyl groups is 14. The summed E-state index contributed by atoms with van der Waals surface area (Å²) >= 11 is 0. The molecule has 0 aromatic carbocycles. The van der Waals surface area contributed by atoms with Crippen molar-refractivity contribution in [3.63, 3.8) is 0 Å². The lowest BCUT2D eigenvalue weighted by Crippen LogP contribution is -2.65. The molecule has 4 rings (SSSR count). The number of ether oxygens (including phenoxy) is 8. The number of unbranched alkanes of at least 4 members (excludes halogenated alkanes) is 14. The van der Waals surface area contributed by atoms with E-state index in [0.29, 0.717) is 12.8 Å². The summed E-state index contributed by atoms with van der Waals surface area (Å²) in [5.41, 5.74) is -0.872. The van der Waals surface area contributed by atoms with Crippen LogP contribution >= 0.6 is 0 Å². The Morgan fingerprint density at radius 3 is 0.942 bits per heavy atom. The standard InChI is InChI=1S/C47H88O22/c1-3-5-7-9-11-13-15-17-19-47(20-18-16-14-12-10-8-6-4-2,25-62-43-39(60)35(56)41(29(23-50)66-43)68-45-37(58)33(54)31(52)27(21-48)64-45)26-63-44-40(61)36(57)42(30(24-51)67-44)69-46-38(59)34(55)32(53)28(22-49)65-46/h27-46,48-61H,3-26H2,1-2H3/t27-,28-,29-,30-,31-,32-,33+,34+,35-,36-,37-,38-,39-,40-,41-,42-,43-,44-,45-,46?/m0/s1. The second kappa shape index (κ2) is 31.1. The van der Waals surface area contributed by atoms with Crippen molar-refractivity contribution in [1.29, 1.82) is 0 Å². The van der Waals surface area contributed by atoms with Gasteiger partial charge in [0.05, 0.1) is 39.6 Å². The van der Waals surface area contributed by atoms with Crippen LogP contribution in [0.15, 0.2) is 0 Å². The third-order valence-electron chi connectivity index (χ3n) is 14.1. The maximum Gasteiger partial charge on any atom is 0.187 e. The molecule has 0 aromatic heterocycles. The lowest BCUT2D eigenvalue weighted by molar-refractivity contribution is -0.365. The number of hydrogen-bond acceptors (Lipinski definition) is 22. The van der Waals surface area contributed by atoms with Crippen LogP contribution in [-0.4, -0.2) is 234 Å². The second-order valence-corrected chi connectivity index (χ2v) is 19.6. The SMILES string of the molecule is CCCCCCCCCCC(CCCCCCCCCC)(CO[C@H]1O[C@@H](CO)[C@H](OC2O[C@@H](CO)[C@H](O)[C@@H](O)[C@@H]2O)[C@@H](O)[C@@H]1O)CO[C@H]1O[C@@H](CO)[C@H](O[C@@H]2O[C@@H](CO)[C@H](O)[C@@H](O)[C@@H]2O)[C@@H](O)[C@@H]1O. The topological polar surface area (TPSA) is 357 Å². The molecule has 22 nitrogen and oxygen atoms in total. The maximum absolute atomic E-state index is 11.4. The summed E-state index contributed by atoms with van der Waals surface area (Å²) in [6, 6.07) is 0. The first-order chi connectivity index (χ1) is 33.1. The van der Waals surface area contributed by atoms with E-state index in [1.54, 1.807) is 0 Å². The molecular formula is C47H88O22. The van der Waals surface area contributed by atoms with Crippen molar-refractivity contribution in [1.82, 2.24) is 0 Å². The molecule has 0 aromatic rings. The largest absolute Gasteiger partial charge is 0.394 e.